The Morgan fingerprint density at radius 2 is 1.58 bits per heavy atom. The minimum Gasteiger partial charge on any atom is -0.449 e. The summed E-state index contributed by atoms with van der Waals surface area (Å²) < 4.78 is 35.3. The van der Waals surface area contributed by atoms with Gasteiger partial charge in [-0.05, 0) is 44.4 Å². The Hall–Kier alpha value is -4.36. The Kier molecular flexibility index (Phi) is 14.4. The molecule has 0 radical (unpaired) electrons. The molecule has 15 heteroatoms. The van der Waals surface area contributed by atoms with Crippen LogP contribution in [-0.4, -0.2) is 116 Å². The molecule has 0 spiro atoms. The largest absolute Gasteiger partial charge is 0.449 e. The highest BCUT2D eigenvalue weighted by molar-refractivity contribution is 7.62. The van der Waals surface area contributed by atoms with Crippen LogP contribution >= 0.6 is 7.60 Å². The van der Waals surface area contributed by atoms with Gasteiger partial charge >= 0.3 is 13.7 Å². The normalized spacial score (nSPS) is 16.8. The lowest BCUT2D eigenvalue weighted by Gasteiger charge is -2.36. The Morgan fingerprint density at radius 1 is 0.906 bits per heavy atom. The summed E-state index contributed by atoms with van der Waals surface area (Å²) in [7, 11) is -1.83. The highest BCUT2D eigenvalue weighted by Gasteiger charge is 2.33. The fourth-order valence-corrected chi connectivity index (χ4v) is 7.86. The zero-order valence-electron chi connectivity index (χ0n) is 31.1. The van der Waals surface area contributed by atoms with E-state index in [0.29, 0.717) is 49.7 Å². The number of benzene rings is 2. The first-order chi connectivity index (χ1) is 25.7. The van der Waals surface area contributed by atoms with Crippen molar-refractivity contribution in [2.45, 2.75) is 58.6 Å². The van der Waals surface area contributed by atoms with Crippen LogP contribution in [-0.2, 0) is 34.3 Å². The van der Waals surface area contributed by atoms with E-state index in [4.69, 9.17) is 23.5 Å². The molecule has 1 N–H and O–H groups in total. The Morgan fingerprint density at radius 3 is 2.21 bits per heavy atom. The van der Waals surface area contributed by atoms with Crippen LogP contribution < -0.4 is 15.5 Å². The molecule has 2 atom stereocenters. The van der Waals surface area contributed by atoms with E-state index in [1.54, 1.807) is 61.1 Å². The average molecular weight is 751 g/mol. The van der Waals surface area contributed by atoms with Crippen LogP contribution in [0.25, 0.3) is 11.4 Å². The predicted octanol–water partition coefficient (Wildman–Crippen LogP) is 4.68. The van der Waals surface area contributed by atoms with Gasteiger partial charge in [-0.1, -0.05) is 55.8 Å². The number of nitrogens with zero attached hydrogens (tertiary/aromatic N) is 5. The molecule has 14 nitrogen and oxygen atoms in total. The van der Waals surface area contributed by atoms with E-state index in [1.165, 1.54) is 0 Å². The number of hydrogen-bond acceptors (Lipinski definition) is 11. The van der Waals surface area contributed by atoms with Crippen molar-refractivity contribution in [3.05, 3.63) is 71.9 Å². The molecule has 286 valence electrons. The topological polar surface area (TPSA) is 153 Å². The molecule has 53 heavy (non-hydrogen) atoms. The maximum Gasteiger partial charge on any atom is 0.409 e. The number of aromatic nitrogens is 2. The lowest BCUT2D eigenvalue weighted by molar-refractivity contribution is -0.134. The number of hydrogen-bond donors (Lipinski definition) is 1. The van der Waals surface area contributed by atoms with Crippen molar-refractivity contribution < 1.29 is 37.5 Å². The molecule has 5 rings (SSSR count). The van der Waals surface area contributed by atoms with Crippen LogP contribution in [0.1, 0.15) is 56.1 Å². The zero-order chi connectivity index (χ0) is 37.8. The third-order valence-corrected chi connectivity index (χ3v) is 11.4. The molecular weight excluding hydrogens is 699 g/mol. The molecule has 2 saturated heterocycles. The Balaban J connectivity index is 1.40. The van der Waals surface area contributed by atoms with Crippen LogP contribution in [0.15, 0.2) is 60.7 Å². The summed E-state index contributed by atoms with van der Waals surface area (Å²) in [6.07, 6.45) is 2.32. The van der Waals surface area contributed by atoms with Gasteiger partial charge in [0.05, 0.1) is 31.2 Å². The molecule has 2 fully saturated rings. The molecule has 3 aromatic rings. The van der Waals surface area contributed by atoms with Crippen molar-refractivity contribution in [3.63, 3.8) is 0 Å². The molecule has 0 saturated carbocycles. The van der Waals surface area contributed by atoms with E-state index in [-0.39, 0.29) is 50.4 Å². The molecule has 0 bridgehead atoms. The first kappa shape index (κ1) is 39.8. The van der Waals surface area contributed by atoms with Gasteiger partial charge in [-0.2, -0.15) is 0 Å². The van der Waals surface area contributed by atoms with Crippen molar-refractivity contribution in [2.75, 3.05) is 71.1 Å². The van der Waals surface area contributed by atoms with Crippen molar-refractivity contribution in [3.8, 4) is 11.4 Å². The SMILES string of the molecule is CCCCOC(=O)N1CCN(C(=O)C(Cc2ccc(P(=O)(OCC)OCC)cc2)NC(=O)c2cc(N3CCC(OC)C3)nc(-c3ccccc3)n2)CC1. The molecule has 2 aliphatic heterocycles. The monoisotopic (exact) mass is 750 g/mol. The average Bonchev–Trinajstić information content (AvgIpc) is 3.68. The number of ether oxygens (including phenoxy) is 2. The number of amides is 3. The minimum absolute atomic E-state index is 0.0467. The van der Waals surface area contributed by atoms with Crippen molar-refractivity contribution in [1.82, 2.24) is 25.1 Å². The van der Waals surface area contributed by atoms with E-state index in [0.717, 1.165) is 30.4 Å². The van der Waals surface area contributed by atoms with Gasteiger partial charge in [-0.3, -0.25) is 14.2 Å². The van der Waals surface area contributed by atoms with Crippen molar-refractivity contribution >= 4 is 36.6 Å². The molecular formula is C38H51N6O8P. The summed E-state index contributed by atoms with van der Waals surface area (Å²) >= 11 is 0. The fourth-order valence-electron chi connectivity index (χ4n) is 6.29. The second kappa shape index (κ2) is 19.1. The number of carbonyl (C=O) groups is 3. The van der Waals surface area contributed by atoms with Crippen molar-refractivity contribution in [1.29, 1.82) is 0 Å². The molecule has 3 amide bonds. The first-order valence-corrected chi connectivity index (χ1v) is 19.9. The summed E-state index contributed by atoms with van der Waals surface area (Å²) in [6.45, 7) is 8.82. The van der Waals surface area contributed by atoms with Gasteiger partial charge in [-0.25, -0.2) is 14.8 Å². The summed E-state index contributed by atoms with van der Waals surface area (Å²) in [5.41, 5.74) is 1.60. The number of nitrogens with one attached hydrogen (secondary N) is 1. The van der Waals surface area contributed by atoms with E-state index in [2.05, 4.69) is 15.2 Å². The van der Waals surface area contributed by atoms with E-state index in [1.807, 2.05) is 37.3 Å². The van der Waals surface area contributed by atoms with Gasteiger partial charge in [0.15, 0.2) is 5.82 Å². The van der Waals surface area contributed by atoms with Crippen LogP contribution in [0, 0.1) is 0 Å². The number of carbonyl (C=O) groups excluding carboxylic acids is 3. The molecule has 0 aliphatic carbocycles. The minimum atomic E-state index is -3.52. The molecule has 1 aromatic heterocycles. The second-order valence-corrected chi connectivity index (χ2v) is 14.9. The van der Waals surface area contributed by atoms with E-state index >= 15 is 0 Å². The number of rotatable bonds is 16. The van der Waals surface area contributed by atoms with Crippen LogP contribution in [0.2, 0.25) is 0 Å². The van der Waals surface area contributed by atoms with Gasteiger partial charge in [0, 0.05) is 64.4 Å². The molecule has 2 aliphatic rings. The Labute approximate surface area is 311 Å². The quantitative estimate of drug-likeness (QED) is 0.161. The second-order valence-electron chi connectivity index (χ2n) is 12.9. The van der Waals surface area contributed by atoms with E-state index < -0.39 is 25.6 Å². The number of anilines is 1. The highest BCUT2D eigenvalue weighted by atomic mass is 31.2. The third kappa shape index (κ3) is 10.4. The summed E-state index contributed by atoms with van der Waals surface area (Å²) in [5.74, 6) is 0.161. The maximum absolute atomic E-state index is 14.2. The number of unbranched alkanes of at least 4 members (excludes halogenated alkanes) is 1. The predicted molar refractivity (Wildman–Crippen MR) is 201 cm³/mol. The third-order valence-electron chi connectivity index (χ3n) is 9.25. The molecule has 2 aromatic carbocycles. The van der Waals surface area contributed by atoms with Gasteiger partial charge in [0.1, 0.15) is 17.6 Å². The number of methoxy groups -OCH3 is 1. The fraction of sp³-hybridized carbons (Fsp3) is 0.500. The van der Waals surface area contributed by atoms with Gasteiger partial charge in [-0.15, -0.1) is 0 Å². The maximum atomic E-state index is 14.2. The summed E-state index contributed by atoms with van der Waals surface area (Å²) in [5, 5.41) is 3.38. The Bertz CT molecular complexity index is 1710. The van der Waals surface area contributed by atoms with Crippen LogP contribution in [0.5, 0.6) is 0 Å². The zero-order valence-corrected chi connectivity index (χ0v) is 32.0. The standard InChI is InChI=1S/C38H51N6O8P/c1-5-8-24-50-38(47)43-22-20-42(21-23-43)37(46)33(25-28-14-16-31(17-15-28)53(48,51-6-2)52-7-3)40-36(45)32-26-34(44-19-18-30(27-44)49-4)41-35(39-32)29-12-10-9-11-13-29/h9-17,26,30,33H,5-8,18-25,27H2,1-4H3,(H,40,45). The first-order valence-electron chi connectivity index (χ1n) is 18.4. The molecule has 3 heterocycles. The summed E-state index contributed by atoms with van der Waals surface area (Å²) in [6, 6.07) is 16.9. The lowest BCUT2D eigenvalue weighted by Crippen LogP contribution is -2.56. The molecule has 2 unspecified atom stereocenters. The van der Waals surface area contributed by atoms with Crippen molar-refractivity contribution in [2.24, 2.45) is 0 Å². The highest BCUT2D eigenvalue weighted by Crippen LogP contribution is 2.46. The van der Waals surface area contributed by atoms with Gasteiger partial charge < -0.3 is 38.5 Å². The lowest BCUT2D eigenvalue weighted by atomic mass is 10.0. The van der Waals surface area contributed by atoms with E-state index in [9.17, 15) is 18.9 Å². The summed E-state index contributed by atoms with van der Waals surface area (Å²) in [4.78, 5) is 55.7. The van der Waals surface area contributed by atoms with Crippen LogP contribution in [0.3, 0.4) is 0 Å². The smallest absolute Gasteiger partial charge is 0.409 e. The van der Waals surface area contributed by atoms with Crippen LogP contribution in [0.4, 0.5) is 10.6 Å². The number of piperazine rings is 1. The van der Waals surface area contributed by atoms with Gasteiger partial charge in [0.2, 0.25) is 5.91 Å². The van der Waals surface area contributed by atoms with Gasteiger partial charge in [0.25, 0.3) is 5.91 Å².